The molecule has 0 fully saturated rings. The number of imidazole rings is 1. The van der Waals surface area contributed by atoms with E-state index < -0.39 is 0 Å². The maximum Gasteiger partial charge on any atom is 0.203 e. The molecule has 0 atom stereocenters. The van der Waals surface area contributed by atoms with Crippen LogP contribution >= 0.6 is 0 Å². The Kier molecular flexibility index (Phi) is 2.60. The van der Waals surface area contributed by atoms with E-state index in [9.17, 15) is 9.90 Å². The summed E-state index contributed by atoms with van der Waals surface area (Å²) in [6.07, 6.45) is 5.64. The molecule has 1 aromatic carbocycles. The van der Waals surface area contributed by atoms with E-state index in [0.29, 0.717) is 22.4 Å². The van der Waals surface area contributed by atoms with Gasteiger partial charge in [0.05, 0.1) is 11.1 Å². The fourth-order valence-corrected chi connectivity index (χ4v) is 2.86. The molecule has 5 nitrogen and oxygen atoms in total. The Balaban J connectivity index is 1.90. The van der Waals surface area contributed by atoms with Crippen LogP contribution in [0.5, 0.6) is 5.75 Å². The summed E-state index contributed by atoms with van der Waals surface area (Å²) in [6, 6.07) is 4.49. The number of nitrogens with zero attached hydrogens (tertiary/aromatic N) is 1. The van der Waals surface area contributed by atoms with Gasteiger partial charge in [-0.15, -0.1) is 0 Å². The van der Waals surface area contributed by atoms with Crippen LogP contribution in [-0.4, -0.2) is 15.1 Å². The summed E-state index contributed by atoms with van der Waals surface area (Å²) in [4.78, 5) is 20.3. The van der Waals surface area contributed by atoms with Crippen molar-refractivity contribution >= 4 is 11.0 Å². The van der Waals surface area contributed by atoms with Crippen molar-refractivity contribution in [2.75, 3.05) is 0 Å². The van der Waals surface area contributed by atoms with Gasteiger partial charge in [-0.2, -0.15) is 0 Å². The monoisotopic (exact) mass is 282 g/mol. The number of H-pyrrole nitrogens is 1. The van der Waals surface area contributed by atoms with Crippen molar-refractivity contribution in [2.24, 2.45) is 0 Å². The third-order valence-electron chi connectivity index (χ3n) is 3.97. The number of aryl methyl sites for hydroxylation is 2. The Bertz CT molecular complexity index is 869. The van der Waals surface area contributed by atoms with Crippen molar-refractivity contribution in [1.29, 1.82) is 0 Å². The van der Waals surface area contributed by atoms with Crippen LogP contribution in [0.15, 0.2) is 33.7 Å². The Labute approximate surface area is 120 Å². The summed E-state index contributed by atoms with van der Waals surface area (Å²) in [5, 5.41) is 9.88. The molecule has 0 spiro atoms. The van der Waals surface area contributed by atoms with Gasteiger partial charge in [-0.05, 0) is 37.8 Å². The van der Waals surface area contributed by atoms with E-state index in [4.69, 9.17) is 4.42 Å². The van der Waals surface area contributed by atoms with Crippen LogP contribution in [-0.2, 0) is 12.8 Å². The molecule has 21 heavy (non-hydrogen) atoms. The summed E-state index contributed by atoms with van der Waals surface area (Å²) in [5.74, 6) is 0.650. The van der Waals surface area contributed by atoms with Gasteiger partial charge in [-0.1, -0.05) is 0 Å². The number of phenolic OH excluding ortho intramolecular Hbond substituents is 1. The van der Waals surface area contributed by atoms with Gasteiger partial charge >= 0.3 is 0 Å². The van der Waals surface area contributed by atoms with Crippen molar-refractivity contribution in [2.45, 2.75) is 25.7 Å². The van der Waals surface area contributed by atoms with E-state index in [0.717, 1.165) is 37.1 Å². The lowest BCUT2D eigenvalue weighted by Gasteiger charge is -2.07. The number of aromatic nitrogens is 2. The van der Waals surface area contributed by atoms with Gasteiger partial charge in [0.15, 0.2) is 0 Å². The molecule has 0 radical (unpaired) electrons. The molecule has 1 aliphatic rings. The standard InChI is InChI=1S/C16H14N2O3/c19-9-5-6-10-14(7-9)21-8-11(15(10)20)16-17-12-3-1-2-4-13(12)18-16/h5-8,19H,1-4H2,(H,17,18). The van der Waals surface area contributed by atoms with Crippen LogP contribution in [0.25, 0.3) is 22.4 Å². The maximum atomic E-state index is 12.6. The van der Waals surface area contributed by atoms with Gasteiger partial charge in [-0.25, -0.2) is 4.98 Å². The molecule has 2 heterocycles. The van der Waals surface area contributed by atoms with Crippen LogP contribution in [0.4, 0.5) is 0 Å². The smallest absolute Gasteiger partial charge is 0.203 e. The molecule has 4 rings (SSSR count). The van der Waals surface area contributed by atoms with Gasteiger partial charge in [0, 0.05) is 11.8 Å². The molecule has 2 aromatic heterocycles. The molecule has 3 aromatic rings. The summed E-state index contributed by atoms with van der Waals surface area (Å²) >= 11 is 0. The van der Waals surface area contributed by atoms with E-state index in [1.165, 1.54) is 18.4 Å². The molecule has 0 saturated heterocycles. The predicted octanol–water partition coefficient (Wildman–Crippen LogP) is 2.77. The normalized spacial score (nSPS) is 14.3. The maximum absolute atomic E-state index is 12.6. The van der Waals surface area contributed by atoms with Gasteiger partial charge in [0.2, 0.25) is 5.43 Å². The molecule has 0 bridgehead atoms. The second kappa shape index (κ2) is 4.48. The van der Waals surface area contributed by atoms with E-state index in [1.54, 1.807) is 6.07 Å². The van der Waals surface area contributed by atoms with Crippen molar-refractivity contribution in [1.82, 2.24) is 9.97 Å². The Morgan fingerprint density at radius 3 is 2.95 bits per heavy atom. The number of nitrogens with one attached hydrogen (secondary N) is 1. The number of aromatic hydroxyl groups is 1. The van der Waals surface area contributed by atoms with E-state index in [1.807, 2.05) is 0 Å². The summed E-state index contributed by atoms with van der Waals surface area (Å²) in [7, 11) is 0. The van der Waals surface area contributed by atoms with Crippen molar-refractivity contribution in [3.8, 4) is 17.1 Å². The largest absolute Gasteiger partial charge is 0.508 e. The van der Waals surface area contributed by atoms with Gasteiger partial charge in [0.1, 0.15) is 29.0 Å². The highest BCUT2D eigenvalue weighted by atomic mass is 16.3. The van der Waals surface area contributed by atoms with Gasteiger partial charge < -0.3 is 14.5 Å². The zero-order valence-electron chi connectivity index (χ0n) is 11.3. The van der Waals surface area contributed by atoms with Crippen LogP contribution in [0.2, 0.25) is 0 Å². The lowest BCUT2D eigenvalue weighted by Crippen LogP contribution is -2.05. The quantitative estimate of drug-likeness (QED) is 0.719. The number of phenols is 1. The SMILES string of the molecule is O=c1c(-c2nc3c([nH]2)CCCC3)coc2cc(O)ccc12. The van der Waals surface area contributed by atoms with Crippen molar-refractivity contribution < 1.29 is 9.52 Å². The topological polar surface area (TPSA) is 79.1 Å². The second-order valence-corrected chi connectivity index (χ2v) is 5.38. The first kappa shape index (κ1) is 12.2. The third kappa shape index (κ3) is 1.93. The molecule has 0 saturated carbocycles. The molecule has 106 valence electrons. The lowest BCUT2D eigenvalue weighted by molar-refractivity contribution is 0.474. The number of hydrogen-bond donors (Lipinski definition) is 2. The highest BCUT2D eigenvalue weighted by Crippen LogP contribution is 2.24. The number of fused-ring (bicyclic) bond motifs is 2. The predicted molar refractivity (Wildman–Crippen MR) is 78.4 cm³/mol. The molecule has 0 amide bonds. The van der Waals surface area contributed by atoms with Crippen LogP contribution < -0.4 is 5.43 Å². The highest BCUT2D eigenvalue weighted by molar-refractivity contribution is 5.81. The zero-order chi connectivity index (χ0) is 14.4. The molecule has 5 heteroatoms. The third-order valence-corrected chi connectivity index (χ3v) is 3.97. The average molecular weight is 282 g/mol. The summed E-state index contributed by atoms with van der Waals surface area (Å²) in [6.45, 7) is 0. The Morgan fingerprint density at radius 2 is 2.10 bits per heavy atom. The number of hydrogen-bond acceptors (Lipinski definition) is 4. The minimum atomic E-state index is -0.137. The Hall–Kier alpha value is -2.56. The van der Waals surface area contributed by atoms with Gasteiger partial charge in [-0.3, -0.25) is 4.79 Å². The molecule has 2 N–H and O–H groups in total. The first-order valence-electron chi connectivity index (χ1n) is 7.05. The van der Waals surface area contributed by atoms with Crippen LogP contribution in [0, 0.1) is 0 Å². The van der Waals surface area contributed by atoms with E-state index in [2.05, 4.69) is 9.97 Å². The first-order valence-corrected chi connectivity index (χ1v) is 7.05. The van der Waals surface area contributed by atoms with Crippen LogP contribution in [0.1, 0.15) is 24.2 Å². The number of aromatic amines is 1. The molecule has 0 unspecified atom stereocenters. The van der Waals surface area contributed by atoms with Crippen molar-refractivity contribution in [3.05, 3.63) is 46.1 Å². The van der Waals surface area contributed by atoms with Crippen LogP contribution in [0.3, 0.4) is 0 Å². The molecule has 1 aliphatic carbocycles. The fraction of sp³-hybridized carbons (Fsp3) is 0.250. The minimum absolute atomic E-state index is 0.0758. The zero-order valence-corrected chi connectivity index (χ0v) is 11.3. The van der Waals surface area contributed by atoms with Gasteiger partial charge in [0.25, 0.3) is 0 Å². The average Bonchev–Trinajstić information content (AvgIpc) is 2.91. The lowest BCUT2D eigenvalue weighted by atomic mass is 10.0. The van der Waals surface area contributed by atoms with E-state index >= 15 is 0 Å². The second-order valence-electron chi connectivity index (χ2n) is 5.38. The molecular formula is C16H14N2O3. The van der Waals surface area contributed by atoms with E-state index in [-0.39, 0.29) is 11.2 Å². The highest BCUT2D eigenvalue weighted by Gasteiger charge is 2.18. The first-order chi connectivity index (χ1) is 10.2. The number of rotatable bonds is 1. The fourth-order valence-electron chi connectivity index (χ4n) is 2.86. The minimum Gasteiger partial charge on any atom is -0.508 e. The number of benzene rings is 1. The van der Waals surface area contributed by atoms with Crippen molar-refractivity contribution in [3.63, 3.8) is 0 Å². The molecule has 0 aliphatic heterocycles. The summed E-state index contributed by atoms with van der Waals surface area (Å²) in [5.41, 5.74) is 2.85. The Morgan fingerprint density at radius 1 is 1.24 bits per heavy atom. The molecular weight excluding hydrogens is 268 g/mol. The summed E-state index contributed by atoms with van der Waals surface area (Å²) < 4.78 is 5.47.